The van der Waals surface area contributed by atoms with Crippen molar-refractivity contribution < 1.29 is 18.0 Å². The number of hydrogen-bond donors (Lipinski definition) is 0. The number of anilines is 1. The number of amides is 1. The zero-order valence-corrected chi connectivity index (χ0v) is 8.87. The van der Waals surface area contributed by atoms with Crippen LogP contribution < -0.4 is 4.90 Å². The lowest BCUT2D eigenvalue weighted by Gasteiger charge is -2.21. The van der Waals surface area contributed by atoms with Gasteiger partial charge in [-0.2, -0.15) is 8.78 Å². The molecule has 0 aromatic heterocycles. The summed E-state index contributed by atoms with van der Waals surface area (Å²) in [5.74, 6) is -5.14. The zero-order chi connectivity index (χ0) is 12.5. The third-order valence-electron chi connectivity index (χ3n) is 2.52. The van der Waals surface area contributed by atoms with Gasteiger partial charge in [-0.05, 0) is 30.7 Å². The van der Waals surface area contributed by atoms with Gasteiger partial charge < -0.3 is 0 Å². The molecule has 1 aliphatic rings. The van der Waals surface area contributed by atoms with E-state index in [0.29, 0.717) is 0 Å². The topological polar surface area (TPSA) is 20.3 Å². The van der Waals surface area contributed by atoms with Crippen LogP contribution in [0.15, 0.2) is 36.5 Å². The molecule has 1 aromatic carbocycles. The number of halogens is 3. The van der Waals surface area contributed by atoms with E-state index in [-0.39, 0.29) is 12.1 Å². The van der Waals surface area contributed by atoms with Crippen LogP contribution in [0.25, 0.3) is 0 Å². The van der Waals surface area contributed by atoms with E-state index >= 15 is 0 Å². The van der Waals surface area contributed by atoms with E-state index in [2.05, 4.69) is 0 Å². The third-order valence-corrected chi connectivity index (χ3v) is 2.52. The van der Waals surface area contributed by atoms with E-state index < -0.39 is 24.1 Å². The number of alkyl halides is 2. The molecule has 2 rings (SSSR count). The van der Waals surface area contributed by atoms with Crippen molar-refractivity contribution in [1.82, 2.24) is 0 Å². The summed E-state index contributed by atoms with van der Waals surface area (Å²) in [4.78, 5) is 12.4. The highest BCUT2D eigenvalue weighted by Gasteiger charge is 2.42. The second-order valence-electron chi connectivity index (χ2n) is 3.78. The van der Waals surface area contributed by atoms with Crippen molar-refractivity contribution in [3.63, 3.8) is 0 Å². The lowest BCUT2D eigenvalue weighted by molar-refractivity contribution is -0.142. The van der Waals surface area contributed by atoms with Crippen molar-refractivity contribution in [2.75, 3.05) is 4.90 Å². The summed E-state index contributed by atoms with van der Waals surface area (Å²) in [6.45, 7) is 0. The molecular weight excluding hydrogens is 231 g/mol. The molecule has 2 nitrogen and oxygen atoms in total. The molecule has 0 atom stereocenters. The van der Waals surface area contributed by atoms with E-state index in [9.17, 15) is 18.0 Å². The lowest BCUT2D eigenvalue weighted by atomic mass is 10.2. The maximum atomic E-state index is 13.4. The fraction of sp³-hybridized carbons (Fsp3) is 0.250. The van der Waals surface area contributed by atoms with Gasteiger partial charge in [0.25, 0.3) is 0 Å². The fourth-order valence-electron chi connectivity index (χ4n) is 1.60. The van der Waals surface area contributed by atoms with Crippen LogP contribution in [0.5, 0.6) is 0 Å². The van der Waals surface area contributed by atoms with Crippen molar-refractivity contribution in [1.29, 1.82) is 0 Å². The molecule has 0 bridgehead atoms. The summed E-state index contributed by atoms with van der Waals surface area (Å²) < 4.78 is 39.4. The quantitative estimate of drug-likeness (QED) is 0.739. The van der Waals surface area contributed by atoms with E-state index in [1.54, 1.807) is 0 Å². The maximum Gasteiger partial charge on any atom is 0.325 e. The van der Waals surface area contributed by atoms with Crippen LogP contribution in [0.2, 0.25) is 0 Å². The van der Waals surface area contributed by atoms with E-state index in [4.69, 9.17) is 0 Å². The molecule has 0 unspecified atom stereocenters. The first-order valence-electron chi connectivity index (χ1n) is 5.14. The highest BCUT2D eigenvalue weighted by Crippen LogP contribution is 2.29. The minimum Gasteiger partial charge on any atom is -0.283 e. The molecule has 1 aromatic rings. The number of rotatable bonds is 1. The predicted molar refractivity (Wildman–Crippen MR) is 57.2 cm³/mol. The van der Waals surface area contributed by atoms with Crippen molar-refractivity contribution in [3.05, 3.63) is 42.4 Å². The molecule has 90 valence electrons. The SMILES string of the molecule is O=C1N(c2ccc(F)cc2)C=CCCC1(F)F. The van der Waals surface area contributed by atoms with Crippen LogP contribution in [-0.4, -0.2) is 11.8 Å². The Morgan fingerprint density at radius 2 is 1.82 bits per heavy atom. The zero-order valence-electron chi connectivity index (χ0n) is 8.87. The Balaban J connectivity index is 2.36. The number of nitrogens with zero attached hydrogens (tertiary/aromatic N) is 1. The Kier molecular flexibility index (Phi) is 2.92. The van der Waals surface area contributed by atoms with Crippen molar-refractivity contribution in [2.45, 2.75) is 18.8 Å². The third kappa shape index (κ3) is 2.33. The molecule has 0 radical (unpaired) electrons. The van der Waals surface area contributed by atoms with Crippen LogP contribution in [0.3, 0.4) is 0 Å². The normalized spacial score (nSPS) is 19.2. The standard InChI is InChI=1S/C12H10F3NO/c13-9-3-5-10(6-4-9)16-8-2-1-7-12(14,15)11(16)17/h2-6,8H,1,7H2. The Morgan fingerprint density at radius 1 is 1.18 bits per heavy atom. The molecule has 0 fully saturated rings. The summed E-state index contributed by atoms with van der Waals surface area (Å²) in [6.07, 6.45) is 2.44. The van der Waals surface area contributed by atoms with Gasteiger partial charge >= 0.3 is 11.8 Å². The maximum absolute atomic E-state index is 13.4. The number of benzene rings is 1. The van der Waals surface area contributed by atoms with Crippen LogP contribution >= 0.6 is 0 Å². The Morgan fingerprint density at radius 3 is 2.47 bits per heavy atom. The van der Waals surface area contributed by atoms with Gasteiger partial charge in [0.1, 0.15) is 5.82 Å². The second kappa shape index (κ2) is 4.24. The van der Waals surface area contributed by atoms with Crippen molar-refractivity contribution >= 4 is 11.6 Å². The van der Waals surface area contributed by atoms with Gasteiger partial charge in [0.15, 0.2) is 0 Å². The van der Waals surface area contributed by atoms with Gasteiger partial charge in [0, 0.05) is 18.3 Å². The van der Waals surface area contributed by atoms with Crippen molar-refractivity contribution in [3.8, 4) is 0 Å². The van der Waals surface area contributed by atoms with Crippen LogP contribution in [0, 0.1) is 5.82 Å². The minimum atomic E-state index is -3.38. The van der Waals surface area contributed by atoms with Gasteiger partial charge in [-0.15, -0.1) is 0 Å². The molecule has 1 heterocycles. The average molecular weight is 241 g/mol. The van der Waals surface area contributed by atoms with Gasteiger partial charge in [-0.1, -0.05) is 6.08 Å². The summed E-state index contributed by atoms with van der Waals surface area (Å²) >= 11 is 0. The summed E-state index contributed by atoms with van der Waals surface area (Å²) in [7, 11) is 0. The Labute approximate surface area is 96.3 Å². The minimum absolute atomic E-state index is 0.135. The smallest absolute Gasteiger partial charge is 0.283 e. The lowest BCUT2D eigenvalue weighted by Crippen LogP contribution is -2.39. The van der Waals surface area contributed by atoms with Gasteiger partial charge in [-0.25, -0.2) is 4.39 Å². The molecule has 0 saturated carbocycles. The molecule has 1 aliphatic heterocycles. The average Bonchev–Trinajstić information content (AvgIpc) is 2.41. The Hall–Kier alpha value is -1.78. The first-order chi connectivity index (χ1) is 8.00. The molecule has 0 spiro atoms. The first kappa shape index (κ1) is 11.7. The molecule has 17 heavy (non-hydrogen) atoms. The number of carbonyl (C=O) groups is 1. The number of hydrogen-bond acceptors (Lipinski definition) is 1. The fourth-order valence-corrected chi connectivity index (χ4v) is 1.60. The van der Waals surface area contributed by atoms with Crippen molar-refractivity contribution in [2.24, 2.45) is 0 Å². The summed E-state index contributed by atoms with van der Waals surface area (Å²) in [5, 5.41) is 0. The molecular formula is C12H10F3NO. The highest BCUT2D eigenvalue weighted by atomic mass is 19.3. The molecule has 5 heteroatoms. The largest absolute Gasteiger partial charge is 0.325 e. The van der Waals surface area contributed by atoms with Gasteiger partial charge in [-0.3, -0.25) is 9.69 Å². The molecule has 0 aliphatic carbocycles. The van der Waals surface area contributed by atoms with E-state index in [1.807, 2.05) is 0 Å². The first-order valence-corrected chi connectivity index (χ1v) is 5.14. The van der Waals surface area contributed by atoms with Crippen LogP contribution in [0.4, 0.5) is 18.9 Å². The summed E-state index contributed by atoms with van der Waals surface area (Å²) in [6, 6.07) is 4.83. The van der Waals surface area contributed by atoms with E-state index in [1.165, 1.54) is 24.4 Å². The number of allylic oxidation sites excluding steroid dienone is 1. The second-order valence-corrected chi connectivity index (χ2v) is 3.78. The van der Waals surface area contributed by atoms with Gasteiger partial charge in [0.2, 0.25) is 0 Å². The highest BCUT2D eigenvalue weighted by molar-refractivity contribution is 6.00. The van der Waals surface area contributed by atoms with Crippen LogP contribution in [-0.2, 0) is 4.79 Å². The van der Waals surface area contributed by atoms with E-state index in [0.717, 1.165) is 17.0 Å². The molecule has 0 saturated heterocycles. The Bertz CT molecular complexity index is 453. The molecule has 1 amide bonds. The number of carbonyl (C=O) groups excluding carboxylic acids is 1. The monoisotopic (exact) mass is 241 g/mol. The van der Waals surface area contributed by atoms with Crippen LogP contribution in [0.1, 0.15) is 12.8 Å². The predicted octanol–water partition coefficient (Wildman–Crippen LogP) is 3.10. The summed E-state index contributed by atoms with van der Waals surface area (Å²) in [5.41, 5.74) is 0.231. The van der Waals surface area contributed by atoms with Gasteiger partial charge in [0.05, 0.1) is 0 Å². The molecule has 0 N–H and O–H groups in total.